The number of halogens is 1. The second kappa shape index (κ2) is 5.75. The fourth-order valence-electron chi connectivity index (χ4n) is 1.36. The topological polar surface area (TPSA) is 71.5 Å². The fraction of sp³-hybridized carbons (Fsp3) is 0. The van der Waals surface area contributed by atoms with Crippen LogP contribution in [0.5, 0.6) is 0 Å². The summed E-state index contributed by atoms with van der Waals surface area (Å²) in [7, 11) is 0. The monoisotopic (exact) mass is 279 g/mol. The van der Waals surface area contributed by atoms with Crippen LogP contribution in [-0.4, -0.2) is 16.0 Å². The van der Waals surface area contributed by atoms with Crippen molar-refractivity contribution in [1.29, 1.82) is 0 Å². The van der Waals surface area contributed by atoms with E-state index >= 15 is 0 Å². The summed E-state index contributed by atoms with van der Waals surface area (Å²) in [4.78, 5) is 5.76. The zero-order valence-corrected chi connectivity index (χ0v) is 10.8. The Bertz CT molecular complexity index is 589. The predicted octanol–water partition coefficient (Wildman–Crippen LogP) is 2.98. The molecule has 0 atom stereocenters. The molecule has 0 amide bonds. The van der Waals surface area contributed by atoms with Crippen LogP contribution in [0.2, 0.25) is 5.02 Å². The van der Waals surface area contributed by atoms with Crippen LogP contribution in [0.1, 0.15) is 5.69 Å². The molecule has 1 aromatic heterocycles. The van der Waals surface area contributed by atoms with E-state index in [9.17, 15) is 0 Å². The van der Waals surface area contributed by atoms with Gasteiger partial charge in [0.1, 0.15) is 5.69 Å². The first kappa shape index (κ1) is 12.7. The van der Waals surface area contributed by atoms with Gasteiger partial charge in [-0.1, -0.05) is 40.7 Å². The molecule has 0 saturated heterocycles. The molecule has 2 rings (SSSR count). The van der Waals surface area contributed by atoms with Gasteiger partial charge < -0.3 is 10.9 Å². The number of pyridine rings is 1. The third kappa shape index (κ3) is 2.75. The van der Waals surface area contributed by atoms with E-state index in [1.54, 1.807) is 12.3 Å². The second-order valence-electron chi connectivity index (χ2n) is 3.37. The number of nitrogens with zero attached hydrogens (tertiary/aromatic N) is 2. The van der Waals surface area contributed by atoms with Crippen molar-refractivity contribution in [2.24, 2.45) is 10.9 Å². The lowest BCUT2D eigenvalue weighted by Crippen LogP contribution is -2.15. The van der Waals surface area contributed by atoms with Crippen LogP contribution in [0.3, 0.4) is 0 Å². The van der Waals surface area contributed by atoms with Gasteiger partial charge in [-0.2, -0.15) is 0 Å². The zero-order valence-electron chi connectivity index (χ0n) is 9.25. The van der Waals surface area contributed by atoms with Crippen LogP contribution in [0.4, 0.5) is 0 Å². The molecule has 0 unspecified atom stereocenters. The third-order valence-corrected chi connectivity index (χ3v) is 3.74. The molecule has 0 bridgehead atoms. The molecule has 92 valence electrons. The van der Waals surface area contributed by atoms with Gasteiger partial charge in [0.2, 0.25) is 0 Å². The van der Waals surface area contributed by atoms with Crippen LogP contribution >= 0.6 is 23.4 Å². The Balaban J connectivity index is 2.38. The number of aromatic nitrogens is 1. The van der Waals surface area contributed by atoms with E-state index in [-0.39, 0.29) is 5.84 Å². The Morgan fingerprint density at radius 1 is 1.22 bits per heavy atom. The van der Waals surface area contributed by atoms with Gasteiger partial charge in [0.05, 0.1) is 5.02 Å². The van der Waals surface area contributed by atoms with Gasteiger partial charge in [0, 0.05) is 16.0 Å². The quantitative estimate of drug-likeness (QED) is 0.392. The third-order valence-electron chi connectivity index (χ3n) is 2.18. The molecule has 1 heterocycles. The van der Waals surface area contributed by atoms with Gasteiger partial charge in [0.15, 0.2) is 5.84 Å². The largest absolute Gasteiger partial charge is 0.409 e. The molecule has 6 heteroatoms. The Kier molecular flexibility index (Phi) is 4.07. The Morgan fingerprint density at radius 3 is 2.67 bits per heavy atom. The molecule has 0 aliphatic heterocycles. The molecule has 3 N–H and O–H groups in total. The molecule has 0 spiro atoms. The summed E-state index contributed by atoms with van der Waals surface area (Å²) >= 11 is 7.51. The average molecular weight is 280 g/mol. The summed E-state index contributed by atoms with van der Waals surface area (Å²) in [6.45, 7) is 0. The summed E-state index contributed by atoms with van der Waals surface area (Å²) in [5, 5.41) is 12.3. The second-order valence-corrected chi connectivity index (χ2v) is 4.86. The van der Waals surface area contributed by atoms with Gasteiger partial charge in [-0.15, -0.1) is 0 Å². The van der Waals surface area contributed by atoms with Crippen LogP contribution in [0.25, 0.3) is 0 Å². The lowest BCUT2D eigenvalue weighted by molar-refractivity contribution is 0.318. The number of benzene rings is 1. The molecular formula is C12H10ClN3OS. The molecule has 0 fully saturated rings. The zero-order chi connectivity index (χ0) is 13.0. The number of hydrogen-bond acceptors (Lipinski definition) is 4. The molecule has 0 aliphatic carbocycles. The van der Waals surface area contributed by atoms with Gasteiger partial charge in [-0.05, 0) is 24.3 Å². The molecule has 2 aromatic rings. The Morgan fingerprint density at radius 2 is 1.94 bits per heavy atom. The van der Waals surface area contributed by atoms with Crippen LogP contribution in [0, 0.1) is 0 Å². The van der Waals surface area contributed by atoms with Crippen molar-refractivity contribution < 1.29 is 5.21 Å². The van der Waals surface area contributed by atoms with Gasteiger partial charge in [-0.25, -0.2) is 0 Å². The van der Waals surface area contributed by atoms with Crippen LogP contribution in [-0.2, 0) is 0 Å². The summed E-state index contributed by atoms with van der Waals surface area (Å²) < 4.78 is 0. The first-order chi connectivity index (χ1) is 8.72. The maximum atomic E-state index is 8.72. The Labute approximate surface area is 113 Å². The minimum atomic E-state index is -0.0230. The van der Waals surface area contributed by atoms with E-state index in [1.807, 2.05) is 30.3 Å². The van der Waals surface area contributed by atoms with Crippen molar-refractivity contribution in [3.8, 4) is 0 Å². The standard InChI is InChI=1S/C12H10ClN3OS/c13-8-4-1-2-5-9(8)18-10-6-3-7-15-11(10)12(14)16-17/h1-7,17H,(H2,14,16). The highest BCUT2D eigenvalue weighted by Gasteiger charge is 2.10. The minimum absolute atomic E-state index is 0.0230. The van der Waals surface area contributed by atoms with Crippen molar-refractivity contribution in [3.05, 3.63) is 53.3 Å². The van der Waals surface area contributed by atoms with E-state index in [4.69, 9.17) is 22.5 Å². The lowest BCUT2D eigenvalue weighted by atomic mass is 10.3. The van der Waals surface area contributed by atoms with E-state index in [0.29, 0.717) is 10.7 Å². The van der Waals surface area contributed by atoms with Gasteiger partial charge in [0.25, 0.3) is 0 Å². The first-order valence-electron chi connectivity index (χ1n) is 5.07. The van der Waals surface area contributed by atoms with Crippen molar-refractivity contribution >= 4 is 29.2 Å². The first-order valence-corrected chi connectivity index (χ1v) is 6.27. The molecule has 18 heavy (non-hydrogen) atoms. The minimum Gasteiger partial charge on any atom is -0.409 e. The van der Waals surface area contributed by atoms with Crippen LogP contribution in [0.15, 0.2) is 57.5 Å². The highest BCUT2D eigenvalue weighted by Crippen LogP contribution is 2.34. The maximum absolute atomic E-state index is 8.72. The molecule has 4 nitrogen and oxygen atoms in total. The molecular weight excluding hydrogens is 270 g/mol. The van der Waals surface area contributed by atoms with Crippen LogP contribution < -0.4 is 5.73 Å². The van der Waals surface area contributed by atoms with E-state index < -0.39 is 0 Å². The summed E-state index contributed by atoms with van der Waals surface area (Å²) in [5.74, 6) is -0.0230. The molecule has 0 radical (unpaired) electrons. The number of hydrogen-bond donors (Lipinski definition) is 2. The van der Waals surface area contributed by atoms with Crippen molar-refractivity contribution in [2.75, 3.05) is 0 Å². The maximum Gasteiger partial charge on any atom is 0.189 e. The van der Waals surface area contributed by atoms with E-state index in [2.05, 4.69) is 10.1 Å². The lowest BCUT2D eigenvalue weighted by Gasteiger charge is -2.07. The van der Waals surface area contributed by atoms with Crippen molar-refractivity contribution in [2.45, 2.75) is 9.79 Å². The summed E-state index contributed by atoms with van der Waals surface area (Å²) in [6, 6.07) is 11.1. The molecule has 0 saturated carbocycles. The van der Waals surface area contributed by atoms with Crippen molar-refractivity contribution in [1.82, 2.24) is 4.98 Å². The average Bonchev–Trinajstić information content (AvgIpc) is 2.41. The highest BCUT2D eigenvalue weighted by atomic mass is 35.5. The molecule has 1 aromatic carbocycles. The summed E-state index contributed by atoms with van der Waals surface area (Å²) in [5.41, 5.74) is 6.01. The Hall–Kier alpha value is -1.72. The van der Waals surface area contributed by atoms with Gasteiger partial charge >= 0.3 is 0 Å². The summed E-state index contributed by atoms with van der Waals surface area (Å²) in [6.07, 6.45) is 1.59. The smallest absolute Gasteiger partial charge is 0.189 e. The number of oxime groups is 1. The SMILES string of the molecule is N/C(=N/O)c1ncccc1Sc1ccccc1Cl. The molecule has 0 aliphatic rings. The normalized spacial score (nSPS) is 11.5. The number of rotatable bonds is 3. The predicted molar refractivity (Wildman–Crippen MR) is 72.3 cm³/mol. The number of amidine groups is 1. The van der Waals surface area contributed by atoms with E-state index in [0.717, 1.165) is 9.79 Å². The fourth-order valence-corrected chi connectivity index (χ4v) is 2.56. The highest BCUT2D eigenvalue weighted by molar-refractivity contribution is 7.99. The number of nitrogens with two attached hydrogens (primary N) is 1. The van der Waals surface area contributed by atoms with Gasteiger partial charge in [-0.3, -0.25) is 4.98 Å². The van der Waals surface area contributed by atoms with E-state index in [1.165, 1.54) is 11.8 Å². The van der Waals surface area contributed by atoms with Crippen molar-refractivity contribution in [3.63, 3.8) is 0 Å².